The fourth-order valence-corrected chi connectivity index (χ4v) is 4.88. The third kappa shape index (κ3) is 1.67. The third-order valence-corrected chi connectivity index (χ3v) is 6.03. The van der Waals surface area contributed by atoms with Gasteiger partial charge >= 0.3 is 0 Å². The molecular formula is C15H27NO. The van der Waals surface area contributed by atoms with Crippen LogP contribution >= 0.6 is 0 Å². The van der Waals surface area contributed by atoms with Crippen molar-refractivity contribution in [3.63, 3.8) is 0 Å². The Hall–Kier alpha value is -0.0800. The number of ether oxygens (including phenoxy) is 1. The predicted molar refractivity (Wildman–Crippen MR) is 70.0 cm³/mol. The summed E-state index contributed by atoms with van der Waals surface area (Å²) in [5, 5.41) is 3.96. The van der Waals surface area contributed by atoms with Crippen molar-refractivity contribution < 1.29 is 4.74 Å². The van der Waals surface area contributed by atoms with Gasteiger partial charge in [-0.3, -0.25) is 0 Å². The van der Waals surface area contributed by atoms with Gasteiger partial charge in [0, 0.05) is 18.7 Å². The molecule has 3 fully saturated rings. The summed E-state index contributed by atoms with van der Waals surface area (Å²) < 4.78 is 5.69. The molecule has 1 saturated heterocycles. The zero-order valence-electron chi connectivity index (χ0n) is 11.8. The molecule has 1 aliphatic heterocycles. The number of nitrogens with one attached hydrogen (secondary N) is 1. The highest BCUT2D eigenvalue weighted by Crippen LogP contribution is 2.62. The fraction of sp³-hybridized carbons (Fsp3) is 1.00. The van der Waals surface area contributed by atoms with Crippen molar-refractivity contribution >= 4 is 0 Å². The minimum absolute atomic E-state index is 0.397. The smallest absolute Gasteiger partial charge is 0.0700 e. The summed E-state index contributed by atoms with van der Waals surface area (Å²) in [6.45, 7) is 10.6. The minimum atomic E-state index is 0.397. The molecule has 3 rings (SSSR count). The lowest BCUT2D eigenvalue weighted by atomic mass is 9.68. The van der Waals surface area contributed by atoms with Gasteiger partial charge < -0.3 is 10.1 Å². The Kier molecular flexibility index (Phi) is 2.61. The highest BCUT2D eigenvalue weighted by atomic mass is 16.5. The second-order valence-electron chi connectivity index (χ2n) is 7.49. The third-order valence-electron chi connectivity index (χ3n) is 6.03. The van der Waals surface area contributed by atoms with Gasteiger partial charge in [-0.1, -0.05) is 20.8 Å². The molecule has 2 saturated carbocycles. The molecule has 1 heterocycles. The van der Waals surface area contributed by atoms with Crippen LogP contribution in [-0.4, -0.2) is 24.8 Å². The molecule has 0 aromatic heterocycles. The van der Waals surface area contributed by atoms with E-state index in [0.717, 1.165) is 12.5 Å². The van der Waals surface area contributed by atoms with Crippen LogP contribution in [0.4, 0.5) is 0 Å². The Morgan fingerprint density at radius 2 is 1.94 bits per heavy atom. The molecule has 0 aromatic carbocycles. The Morgan fingerprint density at radius 1 is 1.18 bits per heavy atom. The summed E-state index contributed by atoms with van der Waals surface area (Å²) in [4.78, 5) is 0. The number of hydrogen-bond donors (Lipinski definition) is 1. The molecule has 2 aliphatic carbocycles. The topological polar surface area (TPSA) is 21.3 Å². The van der Waals surface area contributed by atoms with Gasteiger partial charge in [0.05, 0.1) is 6.10 Å². The summed E-state index contributed by atoms with van der Waals surface area (Å²) in [7, 11) is 0. The van der Waals surface area contributed by atoms with E-state index in [1.807, 2.05) is 0 Å². The molecule has 0 radical (unpaired) electrons. The highest BCUT2D eigenvalue weighted by molar-refractivity contribution is 5.12. The summed E-state index contributed by atoms with van der Waals surface area (Å²) in [5.74, 6) is 0.933. The lowest BCUT2D eigenvalue weighted by molar-refractivity contribution is 0.0718. The van der Waals surface area contributed by atoms with E-state index >= 15 is 0 Å². The van der Waals surface area contributed by atoms with E-state index in [4.69, 9.17) is 4.74 Å². The van der Waals surface area contributed by atoms with E-state index in [1.165, 1.54) is 25.7 Å². The Balaban J connectivity index is 1.77. The minimum Gasteiger partial charge on any atom is -0.377 e. The van der Waals surface area contributed by atoms with Crippen LogP contribution in [0.2, 0.25) is 0 Å². The summed E-state index contributed by atoms with van der Waals surface area (Å²) >= 11 is 0. The van der Waals surface area contributed by atoms with Gasteiger partial charge in [-0.15, -0.1) is 0 Å². The van der Waals surface area contributed by atoms with Gasteiger partial charge in [0.2, 0.25) is 0 Å². The standard InChI is InChI=1S/C15H27NO/c1-10-12(6-8-17-10)16-13-14(2,3)11-5-7-15(13,4)9-11/h10-13,16H,5-9H2,1-4H3/t10?,11-,12?,13?,15+/m0/s1. The maximum absolute atomic E-state index is 5.69. The predicted octanol–water partition coefficient (Wildman–Crippen LogP) is 2.97. The lowest BCUT2D eigenvalue weighted by Gasteiger charge is -2.45. The van der Waals surface area contributed by atoms with Crippen LogP contribution in [0.25, 0.3) is 0 Å². The van der Waals surface area contributed by atoms with E-state index in [-0.39, 0.29) is 0 Å². The Bertz CT molecular complexity index is 309. The largest absolute Gasteiger partial charge is 0.377 e. The van der Waals surface area contributed by atoms with E-state index in [0.29, 0.717) is 29.0 Å². The molecule has 5 atom stereocenters. The molecular weight excluding hydrogens is 210 g/mol. The van der Waals surface area contributed by atoms with Crippen LogP contribution in [-0.2, 0) is 4.74 Å². The molecule has 98 valence electrons. The zero-order valence-corrected chi connectivity index (χ0v) is 11.8. The molecule has 0 amide bonds. The van der Waals surface area contributed by atoms with Crippen molar-refractivity contribution in [3.05, 3.63) is 0 Å². The van der Waals surface area contributed by atoms with Gasteiger partial charge in [0.1, 0.15) is 0 Å². The van der Waals surface area contributed by atoms with Crippen molar-refractivity contribution in [1.29, 1.82) is 0 Å². The van der Waals surface area contributed by atoms with Crippen molar-refractivity contribution in [2.45, 2.75) is 71.6 Å². The molecule has 3 aliphatic rings. The second-order valence-corrected chi connectivity index (χ2v) is 7.49. The van der Waals surface area contributed by atoms with Crippen LogP contribution in [0.5, 0.6) is 0 Å². The summed E-state index contributed by atoms with van der Waals surface area (Å²) in [6.07, 6.45) is 5.88. The number of fused-ring (bicyclic) bond motifs is 2. The Labute approximate surface area is 105 Å². The molecule has 2 bridgehead atoms. The Morgan fingerprint density at radius 3 is 2.47 bits per heavy atom. The normalized spacial score (nSPS) is 52.2. The first-order valence-corrected chi connectivity index (χ1v) is 7.31. The molecule has 1 N–H and O–H groups in total. The monoisotopic (exact) mass is 237 g/mol. The second kappa shape index (κ2) is 3.71. The van der Waals surface area contributed by atoms with Gasteiger partial charge in [-0.25, -0.2) is 0 Å². The average molecular weight is 237 g/mol. The van der Waals surface area contributed by atoms with Crippen molar-refractivity contribution in [1.82, 2.24) is 5.32 Å². The number of hydrogen-bond acceptors (Lipinski definition) is 2. The highest BCUT2D eigenvalue weighted by Gasteiger charge is 2.59. The van der Waals surface area contributed by atoms with Crippen LogP contribution in [0, 0.1) is 16.7 Å². The van der Waals surface area contributed by atoms with Crippen LogP contribution < -0.4 is 5.32 Å². The average Bonchev–Trinajstić information content (AvgIpc) is 2.85. The SMILES string of the molecule is CC1OCCC1NC1C(C)(C)[C@H]2CC[C@]1(C)C2. The van der Waals surface area contributed by atoms with Crippen LogP contribution in [0.3, 0.4) is 0 Å². The molecule has 0 spiro atoms. The van der Waals surface area contributed by atoms with E-state index in [1.54, 1.807) is 0 Å². The van der Waals surface area contributed by atoms with E-state index in [2.05, 4.69) is 33.0 Å². The molecule has 2 heteroatoms. The molecule has 3 unspecified atom stereocenters. The summed E-state index contributed by atoms with van der Waals surface area (Å²) in [5.41, 5.74) is 1.01. The first kappa shape index (κ1) is 12.0. The lowest BCUT2D eigenvalue weighted by Crippen LogP contribution is -2.55. The van der Waals surface area contributed by atoms with E-state index in [9.17, 15) is 0 Å². The number of rotatable bonds is 2. The maximum atomic E-state index is 5.69. The van der Waals surface area contributed by atoms with Gasteiger partial charge in [-0.2, -0.15) is 0 Å². The van der Waals surface area contributed by atoms with Crippen LogP contribution in [0.1, 0.15) is 53.4 Å². The van der Waals surface area contributed by atoms with Crippen molar-refractivity contribution in [2.24, 2.45) is 16.7 Å². The first-order chi connectivity index (χ1) is 7.93. The first-order valence-electron chi connectivity index (χ1n) is 7.31. The quantitative estimate of drug-likeness (QED) is 0.797. The van der Waals surface area contributed by atoms with E-state index < -0.39 is 0 Å². The van der Waals surface area contributed by atoms with Gasteiger partial charge in [0.25, 0.3) is 0 Å². The fourth-order valence-electron chi connectivity index (χ4n) is 4.88. The maximum Gasteiger partial charge on any atom is 0.0700 e. The molecule has 17 heavy (non-hydrogen) atoms. The summed E-state index contributed by atoms with van der Waals surface area (Å²) in [6, 6.07) is 1.26. The zero-order chi connectivity index (χ0) is 12.3. The molecule has 0 aromatic rings. The van der Waals surface area contributed by atoms with Crippen molar-refractivity contribution in [2.75, 3.05) is 6.61 Å². The van der Waals surface area contributed by atoms with Crippen molar-refractivity contribution in [3.8, 4) is 0 Å². The van der Waals surface area contributed by atoms with Gasteiger partial charge in [0.15, 0.2) is 0 Å². The van der Waals surface area contributed by atoms with Gasteiger partial charge in [-0.05, 0) is 49.4 Å². The van der Waals surface area contributed by atoms with Crippen LogP contribution in [0.15, 0.2) is 0 Å². The molecule has 2 nitrogen and oxygen atoms in total.